The van der Waals surface area contributed by atoms with Crippen LogP contribution in [0, 0.1) is 12.7 Å². The topological polar surface area (TPSA) is 54.3 Å². The number of nitrogens with one attached hydrogen (secondary N) is 2. The van der Waals surface area contributed by atoms with Crippen LogP contribution in [0.4, 0.5) is 10.1 Å². The molecule has 0 saturated carbocycles. The Hall–Kier alpha value is -1.85. The van der Waals surface area contributed by atoms with E-state index in [0.717, 1.165) is 29.9 Å². The van der Waals surface area contributed by atoms with Gasteiger partial charge < -0.3 is 15.1 Å². The van der Waals surface area contributed by atoms with Gasteiger partial charge in [-0.2, -0.15) is 0 Å². The first-order valence-electron chi connectivity index (χ1n) is 7.51. The van der Waals surface area contributed by atoms with Gasteiger partial charge in [0.15, 0.2) is 5.76 Å². The highest BCUT2D eigenvalue weighted by Gasteiger charge is 2.19. The fourth-order valence-corrected chi connectivity index (χ4v) is 2.80. The standard InChI is InChI=1S/C17H19FN2O2.ClH/c1-3-14-10(2)8-15(22-14)17(21)20-13-5-4-11-9-19-7-6-12(11)16(13)18;/h4-5,8,19H,3,6-7,9H2,1-2H3,(H,20,21);1H. The van der Waals surface area contributed by atoms with E-state index in [1.54, 1.807) is 12.1 Å². The number of rotatable bonds is 3. The Labute approximate surface area is 140 Å². The summed E-state index contributed by atoms with van der Waals surface area (Å²) in [5, 5.41) is 5.81. The summed E-state index contributed by atoms with van der Waals surface area (Å²) in [6.07, 6.45) is 1.35. The maximum absolute atomic E-state index is 14.5. The summed E-state index contributed by atoms with van der Waals surface area (Å²) < 4.78 is 20.0. The highest BCUT2D eigenvalue weighted by Crippen LogP contribution is 2.25. The molecule has 124 valence electrons. The van der Waals surface area contributed by atoms with Crippen LogP contribution in [0.25, 0.3) is 0 Å². The minimum absolute atomic E-state index is 0. The Morgan fingerprint density at radius 1 is 1.43 bits per heavy atom. The molecule has 1 aliphatic heterocycles. The van der Waals surface area contributed by atoms with Crippen molar-refractivity contribution >= 4 is 24.0 Å². The van der Waals surface area contributed by atoms with Crippen molar-refractivity contribution < 1.29 is 13.6 Å². The third-order valence-electron chi connectivity index (χ3n) is 4.02. The van der Waals surface area contributed by atoms with E-state index in [1.165, 1.54) is 0 Å². The summed E-state index contributed by atoms with van der Waals surface area (Å²) in [4.78, 5) is 12.2. The van der Waals surface area contributed by atoms with Crippen molar-refractivity contribution in [2.45, 2.75) is 33.2 Å². The number of hydrogen-bond acceptors (Lipinski definition) is 3. The summed E-state index contributed by atoms with van der Waals surface area (Å²) in [6, 6.07) is 5.15. The van der Waals surface area contributed by atoms with Gasteiger partial charge in [0.1, 0.15) is 11.6 Å². The molecule has 0 atom stereocenters. The summed E-state index contributed by atoms with van der Waals surface area (Å²) in [6.45, 7) is 5.27. The Bertz CT molecular complexity index is 728. The minimum atomic E-state index is -0.421. The van der Waals surface area contributed by atoms with Gasteiger partial charge in [0.05, 0.1) is 5.69 Å². The molecule has 2 heterocycles. The van der Waals surface area contributed by atoms with Crippen molar-refractivity contribution in [3.63, 3.8) is 0 Å². The zero-order valence-electron chi connectivity index (χ0n) is 13.2. The van der Waals surface area contributed by atoms with Crippen molar-refractivity contribution in [2.24, 2.45) is 0 Å². The molecule has 0 saturated heterocycles. The third-order valence-corrected chi connectivity index (χ3v) is 4.02. The minimum Gasteiger partial charge on any atom is -0.456 e. The molecule has 1 aromatic heterocycles. The van der Waals surface area contributed by atoms with Crippen LogP contribution in [-0.4, -0.2) is 12.5 Å². The lowest BCUT2D eigenvalue weighted by Crippen LogP contribution is -2.25. The Balaban J connectivity index is 0.00000192. The van der Waals surface area contributed by atoms with Crippen LogP contribution in [0.2, 0.25) is 0 Å². The molecule has 0 radical (unpaired) electrons. The maximum Gasteiger partial charge on any atom is 0.291 e. The zero-order valence-corrected chi connectivity index (χ0v) is 14.0. The third kappa shape index (κ3) is 3.41. The number of aryl methyl sites for hydroxylation is 2. The van der Waals surface area contributed by atoms with Crippen molar-refractivity contribution in [1.29, 1.82) is 0 Å². The van der Waals surface area contributed by atoms with E-state index in [-0.39, 0.29) is 29.7 Å². The molecular formula is C17H20ClFN2O2. The Morgan fingerprint density at radius 3 is 2.91 bits per heavy atom. The van der Waals surface area contributed by atoms with Crippen LogP contribution in [0.5, 0.6) is 0 Å². The van der Waals surface area contributed by atoms with Crippen LogP contribution < -0.4 is 10.6 Å². The molecule has 1 amide bonds. The smallest absolute Gasteiger partial charge is 0.291 e. The van der Waals surface area contributed by atoms with Gasteiger partial charge in [-0.1, -0.05) is 13.0 Å². The fourth-order valence-electron chi connectivity index (χ4n) is 2.80. The van der Waals surface area contributed by atoms with Gasteiger partial charge in [-0.3, -0.25) is 4.79 Å². The molecule has 4 nitrogen and oxygen atoms in total. The first kappa shape index (κ1) is 17.5. The molecule has 6 heteroatoms. The van der Waals surface area contributed by atoms with Crippen molar-refractivity contribution in [3.05, 3.63) is 52.2 Å². The molecule has 3 rings (SSSR count). The van der Waals surface area contributed by atoms with E-state index in [1.807, 2.05) is 19.9 Å². The first-order chi connectivity index (χ1) is 10.6. The quantitative estimate of drug-likeness (QED) is 0.899. The van der Waals surface area contributed by atoms with Gasteiger partial charge in [0.2, 0.25) is 0 Å². The predicted octanol–water partition coefficient (Wildman–Crippen LogP) is 3.61. The normalized spacial score (nSPS) is 13.2. The van der Waals surface area contributed by atoms with E-state index < -0.39 is 5.91 Å². The van der Waals surface area contributed by atoms with E-state index in [4.69, 9.17) is 4.42 Å². The summed E-state index contributed by atoms with van der Waals surface area (Å²) >= 11 is 0. The molecule has 0 unspecified atom stereocenters. The average molecular weight is 339 g/mol. The fraction of sp³-hybridized carbons (Fsp3) is 0.353. The van der Waals surface area contributed by atoms with Gasteiger partial charge in [0.25, 0.3) is 5.91 Å². The number of halogens is 2. The lowest BCUT2D eigenvalue weighted by molar-refractivity contribution is 0.0994. The molecule has 0 bridgehead atoms. The Kier molecular flexibility index (Phi) is 5.44. The number of carbonyl (C=O) groups excluding carboxylic acids is 1. The molecule has 2 N–H and O–H groups in total. The lowest BCUT2D eigenvalue weighted by atomic mass is 9.99. The van der Waals surface area contributed by atoms with Crippen molar-refractivity contribution in [3.8, 4) is 0 Å². The van der Waals surface area contributed by atoms with Crippen LogP contribution in [-0.2, 0) is 19.4 Å². The molecule has 1 aliphatic rings. The molecule has 2 aromatic rings. The number of anilines is 1. The van der Waals surface area contributed by atoms with Crippen LogP contribution in [0.1, 0.15) is 39.9 Å². The number of furan rings is 1. The number of hydrogen-bond donors (Lipinski definition) is 2. The lowest BCUT2D eigenvalue weighted by Gasteiger charge is -2.19. The zero-order chi connectivity index (χ0) is 15.7. The maximum atomic E-state index is 14.5. The SMILES string of the molecule is CCc1oc(C(=O)Nc2ccc3c(c2F)CCNC3)cc1C.Cl. The molecular weight excluding hydrogens is 319 g/mol. The van der Waals surface area contributed by atoms with Crippen LogP contribution in [0.3, 0.4) is 0 Å². The second-order valence-corrected chi connectivity index (χ2v) is 5.52. The summed E-state index contributed by atoms with van der Waals surface area (Å²) in [5.74, 6) is 0.234. The van der Waals surface area contributed by atoms with E-state index in [2.05, 4.69) is 10.6 Å². The highest BCUT2D eigenvalue weighted by atomic mass is 35.5. The number of amides is 1. The summed E-state index contributed by atoms with van der Waals surface area (Å²) in [5.41, 5.74) is 2.77. The molecule has 23 heavy (non-hydrogen) atoms. The average Bonchev–Trinajstić information content (AvgIpc) is 2.91. The predicted molar refractivity (Wildman–Crippen MR) is 89.8 cm³/mol. The molecule has 0 aliphatic carbocycles. The van der Waals surface area contributed by atoms with Crippen LogP contribution in [0.15, 0.2) is 22.6 Å². The van der Waals surface area contributed by atoms with Gasteiger partial charge in [-0.05, 0) is 48.7 Å². The van der Waals surface area contributed by atoms with Gasteiger partial charge in [-0.25, -0.2) is 4.39 Å². The van der Waals surface area contributed by atoms with E-state index >= 15 is 0 Å². The first-order valence-corrected chi connectivity index (χ1v) is 7.51. The largest absolute Gasteiger partial charge is 0.456 e. The van der Waals surface area contributed by atoms with Gasteiger partial charge in [-0.15, -0.1) is 12.4 Å². The van der Waals surface area contributed by atoms with Crippen molar-refractivity contribution in [1.82, 2.24) is 5.32 Å². The number of carbonyl (C=O) groups is 1. The van der Waals surface area contributed by atoms with Crippen molar-refractivity contribution in [2.75, 3.05) is 11.9 Å². The highest BCUT2D eigenvalue weighted by molar-refractivity contribution is 6.02. The molecule has 0 spiro atoms. The second kappa shape index (κ2) is 7.15. The Morgan fingerprint density at radius 2 is 2.22 bits per heavy atom. The van der Waals surface area contributed by atoms with Crippen LogP contribution >= 0.6 is 12.4 Å². The number of fused-ring (bicyclic) bond motifs is 1. The van der Waals surface area contributed by atoms with E-state index in [9.17, 15) is 9.18 Å². The van der Waals surface area contributed by atoms with Gasteiger partial charge >= 0.3 is 0 Å². The summed E-state index contributed by atoms with van der Waals surface area (Å²) in [7, 11) is 0. The number of benzene rings is 1. The monoisotopic (exact) mass is 338 g/mol. The van der Waals surface area contributed by atoms with E-state index in [0.29, 0.717) is 18.5 Å². The molecule has 0 fully saturated rings. The van der Waals surface area contributed by atoms with Gasteiger partial charge in [0, 0.05) is 13.0 Å². The second-order valence-electron chi connectivity index (χ2n) is 5.52. The molecule has 1 aromatic carbocycles.